The maximum Gasteiger partial charge on any atom is 0.221 e. The molecule has 2 rings (SSSR count). The fraction of sp³-hybridized carbons (Fsp3) is 0.667. The number of nitrogens with one attached hydrogen (secondary N) is 2. The molecule has 116 valence electrons. The van der Waals surface area contributed by atoms with Crippen molar-refractivity contribution < 1.29 is 4.79 Å². The lowest BCUT2D eigenvalue weighted by atomic mass is 10.2. The van der Waals surface area contributed by atoms with Gasteiger partial charge in [-0.1, -0.05) is 13.8 Å². The number of rotatable bonds is 4. The summed E-state index contributed by atoms with van der Waals surface area (Å²) in [6.45, 7) is 11.3. The highest BCUT2D eigenvalue weighted by Gasteiger charge is 2.20. The van der Waals surface area contributed by atoms with Crippen LogP contribution in [0.4, 0.5) is 11.6 Å². The van der Waals surface area contributed by atoms with Crippen LogP contribution < -0.4 is 15.5 Å². The van der Waals surface area contributed by atoms with Gasteiger partial charge in [0.25, 0.3) is 0 Å². The van der Waals surface area contributed by atoms with E-state index < -0.39 is 0 Å². The lowest BCUT2D eigenvalue weighted by Gasteiger charge is -2.25. The molecule has 1 aliphatic rings. The van der Waals surface area contributed by atoms with Crippen molar-refractivity contribution in [3.63, 3.8) is 0 Å². The second-order valence-electron chi connectivity index (χ2n) is 5.65. The Kier molecular flexibility index (Phi) is 4.98. The summed E-state index contributed by atoms with van der Waals surface area (Å²) in [7, 11) is 0. The average Bonchev–Trinajstić information content (AvgIpc) is 2.66. The Morgan fingerprint density at radius 1 is 1.33 bits per heavy atom. The smallest absolute Gasteiger partial charge is 0.221 e. The highest BCUT2D eigenvalue weighted by molar-refractivity contribution is 5.77. The standard InChI is InChI=1S/C15H25N5O/c1-5-16-14-11(4)15(19-13(18-14)10(2)3)20-8-6-12(21)17-7-9-20/h10H,5-9H2,1-4H3,(H,17,21)(H,16,18,19). The van der Waals surface area contributed by atoms with Crippen LogP contribution in [0.3, 0.4) is 0 Å². The minimum Gasteiger partial charge on any atom is -0.370 e. The lowest BCUT2D eigenvalue weighted by Crippen LogP contribution is -2.30. The molecule has 6 nitrogen and oxygen atoms in total. The molecule has 0 unspecified atom stereocenters. The van der Waals surface area contributed by atoms with E-state index in [0.29, 0.717) is 19.5 Å². The summed E-state index contributed by atoms with van der Waals surface area (Å²) in [5.41, 5.74) is 1.05. The summed E-state index contributed by atoms with van der Waals surface area (Å²) >= 11 is 0. The van der Waals surface area contributed by atoms with Crippen molar-refractivity contribution in [2.24, 2.45) is 0 Å². The highest BCUT2D eigenvalue weighted by atomic mass is 16.1. The molecule has 0 atom stereocenters. The van der Waals surface area contributed by atoms with E-state index in [9.17, 15) is 4.79 Å². The predicted octanol–water partition coefficient (Wildman–Crippen LogP) is 1.67. The van der Waals surface area contributed by atoms with E-state index in [1.807, 2.05) is 6.92 Å². The van der Waals surface area contributed by atoms with Crippen molar-refractivity contribution in [1.82, 2.24) is 15.3 Å². The van der Waals surface area contributed by atoms with Crippen molar-refractivity contribution in [2.45, 2.75) is 40.0 Å². The molecular weight excluding hydrogens is 266 g/mol. The molecule has 0 spiro atoms. The molecule has 0 aliphatic carbocycles. The minimum atomic E-state index is 0.111. The SMILES string of the molecule is CCNc1nc(C(C)C)nc(N2CCNC(=O)CC2)c1C. The van der Waals surface area contributed by atoms with Crippen LogP contribution in [0.2, 0.25) is 0 Å². The van der Waals surface area contributed by atoms with E-state index >= 15 is 0 Å². The monoisotopic (exact) mass is 291 g/mol. The number of aromatic nitrogens is 2. The molecule has 1 fully saturated rings. The largest absolute Gasteiger partial charge is 0.370 e. The number of carbonyl (C=O) groups excluding carboxylic acids is 1. The fourth-order valence-corrected chi connectivity index (χ4v) is 2.41. The number of anilines is 2. The van der Waals surface area contributed by atoms with Crippen LogP contribution in [0.25, 0.3) is 0 Å². The zero-order chi connectivity index (χ0) is 15.4. The van der Waals surface area contributed by atoms with E-state index in [0.717, 1.165) is 36.1 Å². The number of hydrogen-bond acceptors (Lipinski definition) is 5. The topological polar surface area (TPSA) is 70.2 Å². The number of carbonyl (C=O) groups is 1. The maximum absolute atomic E-state index is 11.5. The molecule has 1 aliphatic heterocycles. The molecule has 1 amide bonds. The predicted molar refractivity (Wildman–Crippen MR) is 84.9 cm³/mol. The van der Waals surface area contributed by atoms with Gasteiger partial charge in [-0.3, -0.25) is 4.79 Å². The zero-order valence-corrected chi connectivity index (χ0v) is 13.4. The normalized spacial score (nSPS) is 15.9. The second-order valence-corrected chi connectivity index (χ2v) is 5.65. The van der Waals surface area contributed by atoms with Crippen molar-refractivity contribution >= 4 is 17.5 Å². The van der Waals surface area contributed by atoms with Crippen LogP contribution in [0.1, 0.15) is 44.5 Å². The molecule has 0 radical (unpaired) electrons. The molecule has 6 heteroatoms. The minimum absolute atomic E-state index is 0.111. The first-order valence-corrected chi connectivity index (χ1v) is 7.67. The molecule has 0 bridgehead atoms. The quantitative estimate of drug-likeness (QED) is 0.883. The van der Waals surface area contributed by atoms with E-state index in [4.69, 9.17) is 4.98 Å². The van der Waals surface area contributed by atoms with Crippen molar-refractivity contribution in [3.05, 3.63) is 11.4 Å². The molecule has 1 aromatic rings. The van der Waals surface area contributed by atoms with Gasteiger partial charge in [0, 0.05) is 44.1 Å². The van der Waals surface area contributed by atoms with E-state index in [-0.39, 0.29) is 11.8 Å². The summed E-state index contributed by atoms with van der Waals surface area (Å²) in [6.07, 6.45) is 0.511. The first-order valence-electron chi connectivity index (χ1n) is 7.67. The summed E-state index contributed by atoms with van der Waals surface area (Å²) in [6, 6.07) is 0. The molecule has 1 saturated heterocycles. The third kappa shape index (κ3) is 3.62. The molecule has 1 aromatic heterocycles. The van der Waals surface area contributed by atoms with Crippen molar-refractivity contribution in [2.75, 3.05) is 36.4 Å². The van der Waals surface area contributed by atoms with Crippen LogP contribution in [0.15, 0.2) is 0 Å². The molecule has 0 saturated carbocycles. The Bertz CT molecular complexity index is 515. The van der Waals surface area contributed by atoms with E-state index in [1.165, 1.54) is 0 Å². The Labute approximate surface area is 126 Å². The van der Waals surface area contributed by atoms with Crippen LogP contribution in [0, 0.1) is 6.92 Å². The molecule has 21 heavy (non-hydrogen) atoms. The Morgan fingerprint density at radius 2 is 2.10 bits per heavy atom. The van der Waals surface area contributed by atoms with Crippen molar-refractivity contribution in [3.8, 4) is 0 Å². The number of hydrogen-bond donors (Lipinski definition) is 2. The van der Waals surface area contributed by atoms with E-state index in [2.05, 4.69) is 41.3 Å². The van der Waals surface area contributed by atoms with Crippen LogP contribution in [-0.4, -0.2) is 42.1 Å². The lowest BCUT2D eigenvalue weighted by molar-refractivity contribution is -0.120. The summed E-state index contributed by atoms with van der Waals surface area (Å²) in [5, 5.41) is 6.22. The first kappa shape index (κ1) is 15.5. The average molecular weight is 291 g/mol. The van der Waals surface area contributed by atoms with Crippen LogP contribution in [0.5, 0.6) is 0 Å². The van der Waals surface area contributed by atoms with Crippen LogP contribution >= 0.6 is 0 Å². The Morgan fingerprint density at radius 3 is 2.76 bits per heavy atom. The molecule has 0 aromatic carbocycles. The van der Waals surface area contributed by atoms with Gasteiger partial charge in [0.15, 0.2) is 0 Å². The fourth-order valence-electron chi connectivity index (χ4n) is 2.41. The first-order chi connectivity index (χ1) is 10.0. The zero-order valence-electron chi connectivity index (χ0n) is 13.4. The van der Waals surface area contributed by atoms with Gasteiger partial charge in [0.2, 0.25) is 5.91 Å². The Balaban J connectivity index is 2.38. The van der Waals surface area contributed by atoms with Crippen LogP contribution in [-0.2, 0) is 4.79 Å². The molecule has 2 heterocycles. The van der Waals surface area contributed by atoms with Gasteiger partial charge in [0.1, 0.15) is 17.5 Å². The van der Waals surface area contributed by atoms with Gasteiger partial charge in [-0.05, 0) is 13.8 Å². The third-order valence-corrected chi connectivity index (χ3v) is 3.61. The summed E-state index contributed by atoms with van der Waals surface area (Å²) in [5.74, 6) is 3.07. The van der Waals surface area contributed by atoms with Crippen molar-refractivity contribution in [1.29, 1.82) is 0 Å². The summed E-state index contributed by atoms with van der Waals surface area (Å²) < 4.78 is 0. The maximum atomic E-state index is 11.5. The Hall–Kier alpha value is -1.85. The van der Waals surface area contributed by atoms with E-state index in [1.54, 1.807) is 0 Å². The van der Waals surface area contributed by atoms with Gasteiger partial charge in [0.05, 0.1) is 0 Å². The summed E-state index contributed by atoms with van der Waals surface area (Å²) in [4.78, 5) is 23.1. The van der Waals surface area contributed by atoms with Gasteiger partial charge in [-0.2, -0.15) is 0 Å². The van der Waals surface area contributed by atoms with Gasteiger partial charge < -0.3 is 15.5 Å². The van der Waals surface area contributed by atoms with Gasteiger partial charge >= 0.3 is 0 Å². The number of nitrogens with zero attached hydrogens (tertiary/aromatic N) is 3. The second kappa shape index (κ2) is 6.74. The highest BCUT2D eigenvalue weighted by Crippen LogP contribution is 2.26. The van der Waals surface area contributed by atoms with Gasteiger partial charge in [-0.25, -0.2) is 9.97 Å². The number of amides is 1. The van der Waals surface area contributed by atoms with Gasteiger partial charge in [-0.15, -0.1) is 0 Å². The molecule has 2 N–H and O–H groups in total. The molecular formula is C15H25N5O. The third-order valence-electron chi connectivity index (χ3n) is 3.61.